The molecule has 2 rings (SSSR count). The van der Waals surface area contributed by atoms with Crippen LogP contribution in [0.1, 0.15) is 26.2 Å². The molecule has 3 atom stereocenters. The molecule has 0 aromatic rings. The Bertz CT molecular complexity index is 230. The number of rotatable bonds is 6. The average Bonchev–Trinajstić information content (AvgIpc) is 2.84. The summed E-state index contributed by atoms with van der Waals surface area (Å²) >= 11 is 0. The van der Waals surface area contributed by atoms with Gasteiger partial charge in [0, 0.05) is 38.3 Å². The minimum atomic E-state index is 0.456. The highest BCUT2D eigenvalue weighted by atomic mass is 16.5. The molecule has 0 aliphatic carbocycles. The second-order valence-electron chi connectivity index (χ2n) is 5.64. The van der Waals surface area contributed by atoms with Crippen LogP contribution in [0.2, 0.25) is 0 Å². The molecule has 2 saturated heterocycles. The molecule has 2 heterocycles. The lowest BCUT2D eigenvalue weighted by atomic mass is 9.95. The van der Waals surface area contributed by atoms with Crippen LogP contribution in [0.15, 0.2) is 0 Å². The maximum absolute atomic E-state index is 5.70. The van der Waals surface area contributed by atoms with E-state index in [2.05, 4.69) is 24.2 Å². The summed E-state index contributed by atoms with van der Waals surface area (Å²) in [6, 6.07) is 0.621. The second kappa shape index (κ2) is 7.43. The van der Waals surface area contributed by atoms with Gasteiger partial charge in [-0.15, -0.1) is 0 Å². The van der Waals surface area contributed by atoms with Crippen LogP contribution in [-0.2, 0) is 9.47 Å². The summed E-state index contributed by atoms with van der Waals surface area (Å²) < 4.78 is 11.3. The predicted octanol–water partition coefficient (Wildman–Crippen LogP) is 1.11. The highest BCUT2D eigenvalue weighted by molar-refractivity contribution is 4.82. The summed E-state index contributed by atoms with van der Waals surface area (Å²) in [5.41, 5.74) is 0. The summed E-state index contributed by atoms with van der Waals surface area (Å²) in [5, 5.41) is 3.60. The molecule has 4 heteroatoms. The molecule has 2 aliphatic heterocycles. The van der Waals surface area contributed by atoms with Crippen molar-refractivity contribution in [3.05, 3.63) is 0 Å². The summed E-state index contributed by atoms with van der Waals surface area (Å²) in [5.74, 6) is 0.616. The number of ether oxygens (including phenoxy) is 2. The van der Waals surface area contributed by atoms with Crippen LogP contribution in [0, 0.1) is 5.92 Å². The SMILES string of the molecule is CCNC1CCOCC1CN(C)CC1CCCO1. The van der Waals surface area contributed by atoms with Crippen LogP contribution < -0.4 is 5.32 Å². The molecule has 0 radical (unpaired) electrons. The van der Waals surface area contributed by atoms with Gasteiger partial charge in [-0.1, -0.05) is 6.92 Å². The zero-order chi connectivity index (χ0) is 12.8. The van der Waals surface area contributed by atoms with E-state index >= 15 is 0 Å². The Kier molecular flexibility index (Phi) is 5.89. The first-order valence-electron chi connectivity index (χ1n) is 7.41. The van der Waals surface area contributed by atoms with Crippen molar-refractivity contribution in [2.24, 2.45) is 5.92 Å². The monoisotopic (exact) mass is 256 g/mol. The first kappa shape index (κ1) is 14.3. The van der Waals surface area contributed by atoms with Crippen molar-refractivity contribution < 1.29 is 9.47 Å². The van der Waals surface area contributed by atoms with Gasteiger partial charge in [-0.2, -0.15) is 0 Å². The maximum Gasteiger partial charge on any atom is 0.0702 e. The third-order valence-electron chi connectivity index (χ3n) is 4.03. The quantitative estimate of drug-likeness (QED) is 0.772. The Balaban J connectivity index is 1.74. The number of likely N-dealkylation sites (N-methyl/N-ethyl adjacent to an activating group) is 1. The van der Waals surface area contributed by atoms with Gasteiger partial charge in [-0.05, 0) is 32.9 Å². The molecule has 2 aliphatic rings. The third-order valence-corrected chi connectivity index (χ3v) is 4.03. The van der Waals surface area contributed by atoms with Crippen molar-refractivity contribution in [3.8, 4) is 0 Å². The highest BCUT2D eigenvalue weighted by Crippen LogP contribution is 2.18. The third kappa shape index (κ3) is 4.19. The van der Waals surface area contributed by atoms with Crippen molar-refractivity contribution >= 4 is 0 Å². The normalized spacial score (nSPS) is 33.2. The summed E-state index contributed by atoms with van der Waals surface area (Å²) in [7, 11) is 2.21. The molecule has 4 nitrogen and oxygen atoms in total. The largest absolute Gasteiger partial charge is 0.381 e. The molecule has 0 aromatic heterocycles. The van der Waals surface area contributed by atoms with Crippen LogP contribution in [-0.4, -0.2) is 63.5 Å². The van der Waals surface area contributed by atoms with Crippen molar-refractivity contribution in [2.75, 3.05) is 46.5 Å². The van der Waals surface area contributed by atoms with E-state index in [1.165, 1.54) is 12.8 Å². The molecule has 0 bridgehead atoms. The second-order valence-corrected chi connectivity index (χ2v) is 5.64. The van der Waals surface area contributed by atoms with Gasteiger partial charge in [0.15, 0.2) is 0 Å². The smallest absolute Gasteiger partial charge is 0.0702 e. The van der Waals surface area contributed by atoms with Gasteiger partial charge in [-0.25, -0.2) is 0 Å². The molecule has 2 fully saturated rings. The van der Waals surface area contributed by atoms with Crippen LogP contribution in [0.5, 0.6) is 0 Å². The topological polar surface area (TPSA) is 33.7 Å². The minimum Gasteiger partial charge on any atom is -0.381 e. The molecular formula is C14H28N2O2. The van der Waals surface area contributed by atoms with Gasteiger partial charge in [0.2, 0.25) is 0 Å². The number of hydrogen-bond acceptors (Lipinski definition) is 4. The molecule has 3 unspecified atom stereocenters. The lowest BCUT2D eigenvalue weighted by Crippen LogP contribution is -2.48. The van der Waals surface area contributed by atoms with Gasteiger partial charge in [0.05, 0.1) is 12.7 Å². The van der Waals surface area contributed by atoms with E-state index in [9.17, 15) is 0 Å². The van der Waals surface area contributed by atoms with Gasteiger partial charge in [0.1, 0.15) is 0 Å². The van der Waals surface area contributed by atoms with Crippen molar-refractivity contribution in [1.29, 1.82) is 0 Å². The molecular weight excluding hydrogens is 228 g/mol. The molecule has 18 heavy (non-hydrogen) atoms. The molecule has 0 amide bonds. The number of nitrogens with zero attached hydrogens (tertiary/aromatic N) is 1. The zero-order valence-corrected chi connectivity index (χ0v) is 11.9. The maximum atomic E-state index is 5.70. The van der Waals surface area contributed by atoms with E-state index in [-0.39, 0.29) is 0 Å². The molecule has 106 valence electrons. The first-order chi connectivity index (χ1) is 8.79. The summed E-state index contributed by atoms with van der Waals surface area (Å²) in [6.45, 7) is 8.16. The van der Waals surface area contributed by atoms with Crippen LogP contribution in [0.4, 0.5) is 0 Å². The summed E-state index contributed by atoms with van der Waals surface area (Å²) in [6.07, 6.45) is 4.05. The van der Waals surface area contributed by atoms with Crippen LogP contribution in [0.25, 0.3) is 0 Å². The molecule has 0 saturated carbocycles. The lowest BCUT2D eigenvalue weighted by Gasteiger charge is -2.35. The zero-order valence-electron chi connectivity index (χ0n) is 11.9. The molecule has 0 aromatic carbocycles. The van der Waals surface area contributed by atoms with Gasteiger partial charge < -0.3 is 19.7 Å². The fourth-order valence-electron chi connectivity index (χ4n) is 3.12. The fourth-order valence-corrected chi connectivity index (χ4v) is 3.12. The van der Waals surface area contributed by atoms with E-state index in [4.69, 9.17) is 9.47 Å². The summed E-state index contributed by atoms with van der Waals surface area (Å²) in [4.78, 5) is 2.42. The van der Waals surface area contributed by atoms with Crippen LogP contribution in [0.3, 0.4) is 0 Å². The van der Waals surface area contributed by atoms with E-state index in [0.29, 0.717) is 18.1 Å². The van der Waals surface area contributed by atoms with Gasteiger partial charge >= 0.3 is 0 Å². The Morgan fingerprint density at radius 2 is 2.11 bits per heavy atom. The molecule has 1 N–H and O–H groups in total. The Hall–Kier alpha value is -0.160. The van der Waals surface area contributed by atoms with E-state index in [0.717, 1.165) is 45.9 Å². The van der Waals surface area contributed by atoms with E-state index in [1.807, 2.05) is 0 Å². The van der Waals surface area contributed by atoms with Crippen molar-refractivity contribution in [1.82, 2.24) is 10.2 Å². The predicted molar refractivity (Wildman–Crippen MR) is 72.9 cm³/mol. The molecule has 0 spiro atoms. The minimum absolute atomic E-state index is 0.456. The number of hydrogen-bond donors (Lipinski definition) is 1. The highest BCUT2D eigenvalue weighted by Gasteiger charge is 2.27. The number of nitrogens with one attached hydrogen (secondary N) is 1. The Labute approximate surface area is 111 Å². The lowest BCUT2D eigenvalue weighted by molar-refractivity contribution is 0.0116. The fraction of sp³-hybridized carbons (Fsp3) is 1.00. The van der Waals surface area contributed by atoms with E-state index in [1.54, 1.807) is 0 Å². The standard InChI is InChI=1S/C14H28N2O2/c1-3-15-14-6-8-17-11-12(14)9-16(2)10-13-5-4-7-18-13/h12-15H,3-11H2,1-2H3. The van der Waals surface area contributed by atoms with Crippen LogP contribution >= 0.6 is 0 Å². The van der Waals surface area contributed by atoms with Gasteiger partial charge in [-0.3, -0.25) is 0 Å². The van der Waals surface area contributed by atoms with Gasteiger partial charge in [0.25, 0.3) is 0 Å². The van der Waals surface area contributed by atoms with E-state index < -0.39 is 0 Å². The van der Waals surface area contributed by atoms with Crippen molar-refractivity contribution in [3.63, 3.8) is 0 Å². The first-order valence-corrected chi connectivity index (χ1v) is 7.41. The Morgan fingerprint density at radius 1 is 1.22 bits per heavy atom. The Morgan fingerprint density at radius 3 is 2.83 bits per heavy atom. The average molecular weight is 256 g/mol. The van der Waals surface area contributed by atoms with Crippen molar-refractivity contribution in [2.45, 2.75) is 38.3 Å².